The van der Waals surface area contributed by atoms with Crippen molar-refractivity contribution in [3.05, 3.63) is 24.2 Å². The highest BCUT2D eigenvalue weighted by Gasteiger charge is 2.39. The third kappa shape index (κ3) is 4.59. The summed E-state index contributed by atoms with van der Waals surface area (Å²) in [6.07, 6.45) is 7.80. The van der Waals surface area contributed by atoms with E-state index in [2.05, 4.69) is 16.0 Å². The summed E-state index contributed by atoms with van der Waals surface area (Å²) in [4.78, 5) is 16.8. The standard InChI is InChI=1S/C20H32N4O2/c1-20(2,18(25)21-3)13-23-19(22-9-8-16-5-4-10-26-16)24-17-12-14-6-7-15(17)11-14/h4-5,10,14-15,17H,6-9,11-13H2,1-3H3,(H,21,25)(H2,22,23,24). The van der Waals surface area contributed by atoms with Crippen molar-refractivity contribution >= 4 is 11.9 Å². The Bertz CT molecular complexity index is 624. The SMILES string of the molecule is CNC(=O)C(C)(C)CN=C(NCCc1ccco1)NC1CC2CCC1C2. The number of fused-ring (bicyclic) bond motifs is 2. The van der Waals surface area contributed by atoms with Gasteiger partial charge >= 0.3 is 0 Å². The smallest absolute Gasteiger partial charge is 0.227 e. The molecule has 2 fully saturated rings. The molecule has 0 spiro atoms. The summed E-state index contributed by atoms with van der Waals surface area (Å²) in [6, 6.07) is 4.40. The zero-order valence-corrected chi connectivity index (χ0v) is 16.2. The second-order valence-corrected chi connectivity index (χ2v) is 8.31. The van der Waals surface area contributed by atoms with Crippen molar-refractivity contribution in [2.75, 3.05) is 20.1 Å². The molecule has 2 aliphatic carbocycles. The molecule has 144 valence electrons. The van der Waals surface area contributed by atoms with Crippen LogP contribution in [0.4, 0.5) is 0 Å². The zero-order chi connectivity index (χ0) is 18.6. The van der Waals surface area contributed by atoms with Gasteiger partial charge in [-0.15, -0.1) is 0 Å². The minimum absolute atomic E-state index is 0.0103. The number of nitrogens with zero attached hydrogens (tertiary/aromatic N) is 1. The molecule has 2 aliphatic rings. The normalized spacial score (nSPS) is 25.3. The Balaban J connectivity index is 1.60. The number of aliphatic imine (C=N–C) groups is 1. The lowest BCUT2D eigenvalue weighted by Crippen LogP contribution is -2.47. The number of nitrogens with one attached hydrogen (secondary N) is 3. The van der Waals surface area contributed by atoms with E-state index in [-0.39, 0.29) is 5.91 Å². The van der Waals surface area contributed by atoms with Crippen molar-refractivity contribution < 1.29 is 9.21 Å². The fourth-order valence-corrected chi connectivity index (χ4v) is 4.20. The highest BCUT2D eigenvalue weighted by molar-refractivity contribution is 5.83. The number of amides is 1. The first kappa shape index (κ1) is 18.8. The molecule has 26 heavy (non-hydrogen) atoms. The molecule has 1 amide bonds. The predicted octanol–water partition coefficient (Wildman–Crippen LogP) is 2.32. The van der Waals surface area contributed by atoms with Crippen LogP contribution in [0.25, 0.3) is 0 Å². The lowest BCUT2D eigenvalue weighted by atomic mass is 9.92. The Hall–Kier alpha value is -1.98. The van der Waals surface area contributed by atoms with Crippen LogP contribution in [0.3, 0.4) is 0 Å². The number of carbonyl (C=O) groups excluding carboxylic acids is 1. The van der Waals surface area contributed by atoms with E-state index in [0.29, 0.717) is 12.6 Å². The quantitative estimate of drug-likeness (QED) is 0.515. The Morgan fingerprint density at radius 2 is 2.19 bits per heavy atom. The summed E-state index contributed by atoms with van der Waals surface area (Å²) >= 11 is 0. The summed E-state index contributed by atoms with van der Waals surface area (Å²) in [5, 5.41) is 9.78. The first-order chi connectivity index (χ1) is 12.5. The van der Waals surface area contributed by atoms with E-state index >= 15 is 0 Å². The van der Waals surface area contributed by atoms with Crippen molar-refractivity contribution in [3.63, 3.8) is 0 Å². The van der Waals surface area contributed by atoms with Crippen LogP contribution in [-0.2, 0) is 11.2 Å². The van der Waals surface area contributed by atoms with E-state index in [1.165, 1.54) is 25.7 Å². The van der Waals surface area contributed by atoms with E-state index in [1.807, 2.05) is 26.0 Å². The van der Waals surface area contributed by atoms with Crippen molar-refractivity contribution in [1.82, 2.24) is 16.0 Å². The Morgan fingerprint density at radius 3 is 2.81 bits per heavy atom. The molecule has 3 atom stereocenters. The van der Waals surface area contributed by atoms with E-state index < -0.39 is 5.41 Å². The van der Waals surface area contributed by atoms with E-state index in [0.717, 1.165) is 36.5 Å². The van der Waals surface area contributed by atoms with Gasteiger partial charge in [-0.25, -0.2) is 0 Å². The average molecular weight is 361 g/mol. The molecular formula is C20H32N4O2. The summed E-state index contributed by atoms with van der Waals surface area (Å²) in [5.74, 6) is 3.43. The monoisotopic (exact) mass is 360 g/mol. The van der Waals surface area contributed by atoms with Crippen LogP contribution >= 0.6 is 0 Å². The van der Waals surface area contributed by atoms with Gasteiger partial charge < -0.3 is 20.4 Å². The fraction of sp³-hybridized carbons (Fsp3) is 0.700. The minimum atomic E-state index is -0.529. The molecule has 0 saturated heterocycles. The number of hydrogen-bond acceptors (Lipinski definition) is 3. The zero-order valence-electron chi connectivity index (χ0n) is 16.2. The van der Waals surface area contributed by atoms with Crippen LogP contribution in [0, 0.1) is 17.3 Å². The summed E-state index contributed by atoms with van der Waals surface area (Å²) in [5.41, 5.74) is -0.529. The van der Waals surface area contributed by atoms with Gasteiger partial charge in [-0.05, 0) is 57.1 Å². The molecule has 6 nitrogen and oxygen atoms in total. The van der Waals surface area contributed by atoms with Gasteiger partial charge in [-0.2, -0.15) is 0 Å². The number of guanidine groups is 1. The average Bonchev–Trinajstić information content (AvgIpc) is 3.37. The van der Waals surface area contributed by atoms with Gasteiger partial charge in [0.05, 0.1) is 18.2 Å². The van der Waals surface area contributed by atoms with Crippen molar-refractivity contribution in [3.8, 4) is 0 Å². The summed E-state index contributed by atoms with van der Waals surface area (Å²) in [6.45, 7) is 5.05. The maximum atomic E-state index is 12.0. The molecule has 2 saturated carbocycles. The van der Waals surface area contributed by atoms with Gasteiger partial charge in [0.15, 0.2) is 5.96 Å². The van der Waals surface area contributed by atoms with Crippen LogP contribution in [0.5, 0.6) is 0 Å². The van der Waals surface area contributed by atoms with Crippen molar-refractivity contribution in [2.45, 2.75) is 52.0 Å². The van der Waals surface area contributed by atoms with E-state index in [1.54, 1.807) is 13.3 Å². The van der Waals surface area contributed by atoms with Crippen LogP contribution in [0.2, 0.25) is 0 Å². The molecule has 3 rings (SSSR count). The summed E-state index contributed by atoms with van der Waals surface area (Å²) < 4.78 is 5.40. The molecule has 0 aliphatic heterocycles. The third-order valence-electron chi connectivity index (χ3n) is 5.78. The van der Waals surface area contributed by atoms with Crippen LogP contribution < -0.4 is 16.0 Å². The number of carbonyl (C=O) groups is 1. The molecule has 0 radical (unpaired) electrons. The lowest BCUT2D eigenvalue weighted by molar-refractivity contribution is -0.128. The summed E-state index contributed by atoms with van der Waals surface area (Å²) in [7, 11) is 1.67. The highest BCUT2D eigenvalue weighted by atomic mass is 16.3. The molecule has 1 aromatic rings. The second-order valence-electron chi connectivity index (χ2n) is 8.31. The largest absolute Gasteiger partial charge is 0.469 e. The lowest BCUT2D eigenvalue weighted by Gasteiger charge is -2.26. The van der Waals surface area contributed by atoms with Gasteiger partial charge in [-0.3, -0.25) is 9.79 Å². The van der Waals surface area contributed by atoms with Crippen molar-refractivity contribution in [1.29, 1.82) is 0 Å². The van der Waals surface area contributed by atoms with Crippen LogP contribution in [-0.4, -0.2) is 38.0 Å². The van der Waals surface area contributed by atoms with E-state index in [4.69, 9.17) is 9.41 Å². The minimum Gasteiger partial charge on any atom is -0.469 e. The number of rotatable bonds is 7. The highest BCUT2D eigenvalue weighted by Crippen LogP contribution is 2.44. The van der Waals surface area contributed by atoms with Crippen molar-refractivity contribution in [2.24, 2.45) is 22.2 Å². The third-order valence-corrected chi connectivity index (χ3v) is 5.78. The van der Waals surface area contributed by atoms with Crippen LogP contribution in [0.1, 0.15) is 45.3 Å². The predicted molar refractivity (Wildman–Crippen MR) is 103 cm³/mol. The van der Waals surface area contributed by atoms with Crippen LogP contribution in [0.15, 0.2) is 27.8 Å². The first-order valence-corrected chi connectivity index (χ1v) is 9.77. The maximum absolute atomic E-state index is 12.0. The number of hydrogen-bond donors (Lipinski definition) is 3. The Morgan fingerprint density at radius 1 is 1.35 bits per heavy atom. The molecule has 3 unspecified atom stereocenters. The maximum Gasteiger partial charge on any atom is 0.227 e. The van der Waals surface area contributed by atoms with E-state index in [9.17, 15) is 4.79 Å². The van der Waals surface area contributed by atoms with Gasteiger partial charge in [0.1, 0.15) is 5.76 Å². The Labute approximate surface area is 156 Å². The van der Waals surface area contributed by atoms with Gasteiger partial charge in [0, 0.05) is 26.1 Å². The Kier molecular flexibility index (Phi) is 5.89. The topological polar surface area (TPSA) is 78.7 Å². The molecule has 1 heterocycles. The van der Waals surface area contributed by atoms with Gasteiger partial charge in [-0.1, -0.05) is 6.42 Å². The molecule has 1 aromatic heterocycles. The van der Waals surface area contributed by atoms with Gasteiger partial charge in [0.25, 0.3) is 0 Å². The van der Waals surface area contributed by atoms with Gasteiger partial charge in [0.2, 0.25) is 5.91 Å². The first-order valence-electron chi connectivity index (χ1n) is 9.77. The molecule has 2 bridgehead atoms. The molecular weight excluding hydrogens is 328 g/mol. The second kappa shape index (κ2) is 8.14. The fourth-order valence-electron chi connectivity index (χ4n) is 4.20. The molecule has 6 heteroatoms. The number of furan rings is 1. The molecule has 0 aromatic carbocycles. The molecule has 3 N–H and O–H groups in total.